The van der Waals surface area contributed by atoms with E-state index in [1.165, 1.54) is 19.3 Å². The first-order chi connectivity index (χ1) is 3.79. The zero-order chi connectivity index (χ0) is 5.98. The van der Waals surface area contributed by atoms with Crippen molar-refractivity contribution in [3.63, 3.8) is 0 Å². The molecule has 1 aliphatic rings. The molecule has 0 aromatic carbocycles. The Balaban J connectivity index is 0. The molecule has 1 saturated heterocycles. The average molecular weight is 137 g/mol. The fourth-order valence-electron chi connectivity index (χ4n) is 1.38. The molecule has 1 N–H and O–H groups in total. The zero-order valence-electron chi connectivity index (χ0n) is 7.78. The fourth-order valence-corrected chi connectivity index (χ4v) is 1.38. The van der Waals surface area contributed by atoms with E-state index in [-0.39, 0.29) is 31.0 Å². The Morgan fingerprint density at radius 2 is 1.67 bits per heavy atom. The largest absolute Gasteiger partial charge is 1.00 e. The van der Waals surface area contributed by atoms with Crippen LogP contribution in [0.5, 0.6) is 0 Å². The number of piperidine rings is 1. The summed E-state index contributed by atoms with van der Waals surface area (Å²) in [6, 6.07) is 1.53. The quantitative estimate of drug-likeness (QED) is 0.407. The van der Waals surface area contributed by atoms with Crippen molar-refractivity contribution < 1.29 is 31.0 Å². The van der Waals surface area contributed by atoms with Crippen LogP contribution in [0.4, 0.5) is 0 Å². The van der Waals surface area contributed by atoms with Crippen LogP contribution < -0.4 is 34.9 Å². The van der Waals surface area contributed by atoms with E-state index in [0.717, 1.165) is 12.1 Å². The van der Waals surface area contributed by atoms with Crippen molar-refractivity contribution in [2.75, 3.05) is 0 Å². The standard InChI is InChI=1S/C7H15N.Na.H/c1-6-4-3-5-7(2)8-6;;/h6-8H,3-5H2,1-2H3;;/q;+1;-1. The Hall–Kier alpha value is 0.960. The molecule has 2 heteroatoms. The molecule has 0 spiro atoms. The molecule has 2 atom stereocenters. The summed E-state index contributed by atoms with van der Waals surface area (Å²) in [6.45, 7) is 4.52. The summed E-state index contributed by atoms with van der Waals surface area (Å²) in [6.07, 6.45) is 4.14. The summed E-state index contributed by atoms with van der Waals surface area (Å²) in [7, 11) is 0. The van der Waals surface area contributed by atoms with E-state index in [0.29, 0.717) is 0 Å². The Morgan fingerprint density at radius 1 is 1.22 bits per heavy atom. The zero-order valence-corrected chi connectivity index (χ0v) is 8.78. The first-order valence-electron chi connectivity index (χ1n) is 3.55. The van der Waals surface area contributed by atoms with Crippen LogP contribution in [-0.4, -0.2) is 12.1 Å². The van der Waals surface area contributed by atoms with Gasteiger partial charge < -0.3 is 6.74 Å². The van der Waals surface area contributed by atoms with Crippen LogP contribution in [0.3, 0.4) is 0 Å². The molecule has 50 valence electrons. The average Bonchev–Trinajstić information content (AvgIpc) is 1.64. The third-order valence-corrected chi connectivity index (χ3v) is 1.84. The molecule has 0 radical (unpaired) electrons. The van der Waals surface area contributed by atoms with Crippen LogP contribution >= 0.6 is 0 Å². The number of rotatable bonds is 0. The molecular weight excluding hydrogens is 121 g/mol. The Morgan fingerprint density at radius 3 is 1.89 bits per heavy atom. The summed E-state index contributed by atoms with van der Waals surface area (Å²) in [5.41, 5.74) is 0. The van der Waals surface area contributed by atoms with E-state index in [2.05, 4.69) is 19.2 Å². The monoisotopic (exact) mass is 137 g/mol. The van der Waals surface area contributed by atoms with Gasteiger partial charge in [0.15, 0.2) is 0 Å². The molecule has 0 aliphatic carbocycles. The number of hydrogen-bond acceptors (Lipinski definition) is 1. The Kier molecular flexibility index (Phi) is 5.23. The first kappa shape index (κ1) is 9.96. The maximum Gasteiger partial charge on any atom is 1.00 e. The van der Waals surface area contributed by atoms with E-state index in [1.54, 1.807) is 0 Å². The van der Waals surface area contributed by atoms with Gasteiger partial charge in [0.25, 0.3) is 0 Å². The van der Waals surface area contributed by atoms with Crippen molar-refractivity contribution in [2.24, 2.45) is 0 Å². The molecule has 0 amide bonds. The number of nitrogens with one attached hydrogen (secondary N) is 1. The topological polar surface area (TPSA) is 12.0 Å². The third-order valence-electron chi connectivity index (χ3n) is 1.84. The van der Waals surface area contributed by atoms with Crippen LogP contribution in [0.2, 0.25) is 0 Å². The predicted octanol–water partition coefficient (Wildman–Crippen LogP) is -1.35. The molecule has 2 unspecified atom stereocenters. The summed E-state index contributed by atoms with van der Waals surface area (Å²) in [5, 5.41) is 3.48. The van der Waals surface area contributed by atoms with Gasteiger partial charge >= 0.3 is 29.6 Å². The van der Waals surface area contributed by atoms with Gasteiger partial charge in [-0.2, -0.15) is 0 Å². The molecule has 1 fully saturated rings. The van der Waals surface area contributed by atoms with Crippen molar-refractivity contribution in [3.05, 3.63) is 0 Å². The van der Waals surface area contributed by atoms with Gasteiger partial charge in [0.1, 0.15) is 0 Å². The van der Waals surface area contributed by atoms with Gasteiger partial charge in [-0.15, -0.1) is 0 Å². The first-order valence-corrected chi connectivity index (χ1v) is 3.55. The van der Waals surface area contributed by atoms with Crippen molar-refractivity contribution in [1.82, 2.24) is 5.32 Å². The van der Waals surface area contributed by atoms with E-state index in [1.807, 2.05) is 0 Å². The van der Waals surface area contributed by atoms with Gasteiger partial charge in [-0.1, -0.05) is 6.42 Å². The third kappa shape index (κ3) is 3.61. The summed E-state index contributed by atoms with van der Waals surface area (Å²) < 4.78 is 0. The minimum Gasteiger partial charge on any atom is -1.00 e. The summed E-state index contributed by atoms with van der Waals surface area (Å²) >= 11 is 0. The normalized spacial score (nSPS) is 35.3. The van der Waals surface area contributed by atoms with E-state index >= 15 is 0 Å². The van der Waals surface area contributed by atoms with E-state index in [9.17, 15) is 0 Å². The molecule has 1 aliphatic heterocycles. The number of hydrogen-bond donors (Lipinski definition) is 1. The second-order valence-corrected chi connectivity index (χ2v) is 2.90. The second-order valence-electron chi connectivity index (χ2n) is 2.90. The smallest absolute Gasteiger partial charge is 1.00 e. The molecular formula is C7H16NNa. The van der Waals surface area contributed by atoms with Crippen LogP contribution in [0.15, 0.2) is 0 Å². The molecule has 1 heterocycles. The molecule has 1 rings (SSSR count). The summed E-state index contributed by atoms with van der Waals surface area (Å²) in [5.74, 6) is 0. The SMILES string of the molecule is CC1CCCC(C)N1.[H-].[Na+]. The van der Waals surface area contributed by atoms with Gasteiger partial charge in [0.2, 0.25) is 0 Å². The van der Waals surface area contributed by atoms with Crippen LogP contribution in [0, 0.1) is 0 Å². The maximum absolute atomic E-state index is 3.48. The van der Waals surface area contributed by atoms with E-state index < -0.39 is 0 Å². The Bertz CT molecular complexity index is 72.0. The van der Waals surface area contributed by atoms with Crippen LogP contribution in [0.25, 0.3) is 0 Å². The van der Waals surface area contributed by atoms with Gasteiger partial charge in [-0.25, -0.2) is 0 Å². The van der Waals surface area contributed by atoms with Crippen molar-refractivity contribution in [2.45, 2.75) is 45.2 Å². The van der Waals surface area contributed by atoms with E-state index in [4.69, 9.17) is 0 Å². The van der Waals surface area contributed by atoms with Crippen LogP contribution in [-0.2, 0) is 0 Å². The molecule has 1 nitrogen and oxygen atoms in total. The second kappa shape index (κ2) is 4.73. The van der Waals surface area contributed by atoms with Gasteiger partial charge in [0, 0.05) is 12.1 Å². The molecule has 0 bridgehead atoms. The fraction of sp³-hybridized carbons (Fsp3) is 1.00. The van der Waals surface area contributed by atoms with Crippen LogP contribution in [0.1, 0.15) is 34.5 Å². The van der Waals surface area contributed by atoms with Crippen molar-refractivity contribution in [1.29, 1.82) is 0 Å². The van der Waals surface area contributed by atoms with Gasteiger partial charge in [0.05, 0.1) is 0 Å². The Labute approximate surface area is 81.4 Å². The van der Waals surface area contributed by atoms with Crippen molar-refractivity contribution >= 4 is 0 Å². The van der Waals surface area contributed by atoms with Crippen molar-refractivity contribution in [3.8, 4) is 0 Å². The predicted molar refractivity (Wildman–Crippen MR) is 37.0 cm³/mol. The summed E-state index contributed by atoms with van der Waals surface area (Å²) in [4.78, 5) is 0. The van der Waals surface area contributed by atoms with Gasteiger partial charge in [-0.05, 0) is 26.7 Å². The minimum atomic E-state index is 0. The molecule has 0 aromatic rings. The van der Waals surface area contributed by atoms with Gasteiger partial charge in [-0.3, -0.25) is 0 Å². The minimum absolute atomic E-state index is 0. The maximum atomic E-state index is 3.48. The molecule has 0 saturated carbocycles. The molecule has 0 aromatic heterocycles. The molecule has 9 heavy (non-hydrogen) atoms.